The molecule has 0 bridgehead atoms. The summed E-state index contributed by atoms with van der Waals surface area (Å²) in [5.74, 6) is 0. The van der Waals surface area contributed by atoms with Crippen LogP contribution in [0.4, 0.5) is 0 Å². The summed E-state index contributed by atoms with van der Waals surface area (Å²) in [4.78, 5) is 4.83. The molecular formula is C8H12N2OS. The highest BCUT2D eigenvalue weighted by Crippen LogP contribution is 2.40. The quantitative estimate of drug-likeness (QED) is 0.738. The van der Waals surface area contributed by atoms with Gasteiger partial charge in [0, 0.05) is 11.7 Å². The van der Waals surface area contributed by atoms with Crippen molar-refractivity contribution in [2.24, 2.45) is 5.73 Å². The lowest BCUT2D eigenvalue weighted by Crippen LogP contribution is -2.24. The van der Waals surface area contributed by atoms with E-state index in [1.54, 1.807) is 11.7 Å². The third-order valence-corrected chi connectivity index (χ3v) is 3.15. The van der Waals surface area contributed by atoms with Crippen LogP contribution in [0.2, 0.25) is 0 Å². The summed E-state index contributed by atoms with van der Waals surface area (Å²) in [5, 5.41) is 9.68. The standard InChI is InChI=1S/C8H12N2OS/c9-8(1-2-8)3-6(11)7-4-10-5-12-7/h4-6,11H,1-3,9H2. The first-order chi connectivity index (χ1) is 5.70. The van der Waals surface area contributed by atoms with Crippen LogP contribution in [0.1, 0.15) is 30.2 Å². The Kier molecular flexibility index (Phi) is 1.90. The average Bonchev–Trinajstić information content (AvgIpc) is 2.55. The first kappa shape index (κ1) is 8.16. The van der Waals surface area contributed by atoms with E-state index >= 15 is 0 Å². The van der Waals surface area contributed by atoms with E-state index in [1.165, 1.54) is 11.3 Å². The van der Waals surface area contributed by atoms with Gasteiger partial charge in [0.2, 0.25) is 0 Å². The highest BCUT2D eigenvalue weighted by molar-refractivity contribution is 7.09. The Labute approximate surface area is 75.2 Å². The maximum Gasteiger partial charge on any atom is 0.0915 e. The molecule has 1 aromatic rings. The minimum absolute atomic E-state index is 0.0800. The summed E-state index contributed by atoms with van der Waals surface area (Å²) in [6.07, 6.45) is 4.06. The minimum Gasteiger partial charge on any atom is -0.387 e. The number of rotatable bonds is 3. The number of aliphatic hydroxyl groups excluding tert-OH is 1. The van der Waals surface area contributed by atoms with Gasteiger partial charge in [0.15, 0.2) is 0 Å². The van der Waals surface area contributed by atoms with E-state index in [0.29, 0.717) is 6.42 Å². The molecule has 1 saturated carbocycles. The molecule has 0 radical (unpaired) electrons. The normalized spacial score (nSPS) is 22.2. The van der Waals surface area contributed by atoms with E-state index in [-0.39, 0.29) is 5.54 Å². The smallest absolute Gasteiger partial charge is 0.0915 e. The maximum absolute atomic E-state index is 9.68. The molecule has 1 aromatic heterocycles. The van der Waals surface area contributed by atoms with E-state index in [4.69, 9.17) is 5.73 Å². The third kappa shape index (κ3) is 1.65. The first-order valence-electron chi connectivity index (χ1n) is 4.05. The van der Waals surface area contributed by atoms with Crippen molar-refractivity contribution in [2.75, 3.05) is 0 Å². The van der Waals surface area contributed by atoms with Gasteiger partial charge >= 0.3 is 0 Å². The molecule has 0 aliphatic heterocycles. The summed E-state index contributed by atoms with van der Waals surface area (Å²) >= 11 is 1.48. The van der Waals surface area contributed by atoms with Crippen molar-refractivity contribution in [2.45, 2.75) is 30.9 Å². The largest absolute Gasteiger partial charge is 0.387 e. The van der Waals surface area contributed by atoms with Crippen molar-refractivity contribution in [3.05, 3.63) is 16.6 Å². The highest BCUT2D eigenvalue weighted by Gasteiger charge is 2.40. The Bertz CT molecular complexity index is 256. The van der Waals surface area contributed by atoms with E-state index in [2.05, 4.69) is 4.98 Å². The summed E-state index contributed by atoms with van der Waals surface area (Å²) in [6, 6.07) is 0. The lowest BCUT2D eigenvalue weighted by Gasteiger charge is -2.12. The van der Waals surface area contributed by atoms with Crippen molar-refractivity contribution >= 4 is 11.3 Å². The molecule has 1 fully saturated rings. The Balaban J connectivity index is 1.97. The van der Waals surface area contributed by atoms with E-state index in [1.807, 2.05) is 0 Å². The number of nitrogens with zero attached hydrogens (tertiary/aromatic N) is 1. The zero-order chi connectivity index (χ0) is 8.60. The topological polar surface area (TPSA) is 59.1 Å². The predicted molar refractivity (Wildman–Crippen MR) is 47.8 cm³/mol. The second-order valence-electron chi connectivity index (χ2n) is 3.49. The van der Waals surface area contributed by atoms with Crippen molar-refractivity contribution < 1.29 is 5.11 Å². The van der Waals surface area contributed by atoms with Crippen LogP contribution in [0.3, 0.4) is 0 Å². The van der Waals surface area contributed by atoms with E-state index < -0.39 is 6.10 Å². The highest BCUT2D eigenvalue weighted by atomic mass is 32.1. The Morgan fingerprint density at radius 3 is 3.00 bits per heavy atom. The number of hydrogen-bond acceptors (Lipinski definition) is 4. The van der Waals surface area contributed by atoms with Crippen molar-refractivity contribution in [1.29, 1.82) is 0 Å². The number of aliphatic hydroxyl groups is 1. The number of hydrogen-bond donors (Lipinski definition) is 2. The molecule has 66 valence electrons. The Morgan fingerprint density at radius 1 is 1.75 bits per heavy atom. The second-order valence-corrected chi connectivity index (χ2v) is 4.40. The molecule has 3 N–H and O–H groups in total. The van der Waals surface area contributed by atoms with Crippen LogP contribution in [0.15, 0.2) is 11.7 Å². The minimum atomic E-state index is -0.412. The van der Waals surface area contributed by atoms with Gasteiger partial charge in [-0.3, -0.25) is 4.98 Å². The van der Waals surface area contributed by atoms with Gasteiger partial charge in [-0.25, -0.2) is 0 Å². The van der Waals surface area contributed by atoms with E-state index in [0.717, 1.165) is 17.7 Å². The third-order valence-electron chi connectivity index (χ3n) is 2.27. The van der Waals surface area contributed by atoms with Crippen LogP contribution in [0, 0.1) is 0 Å². The zero-order valence-electron chi connectivity index (χ0n) is 6.73. The zero-order valence-corrected chi connectivity index (χ0v) is 7.55. The monoisotopic (exact) mass is 184 g/mol. The fourth-order valence-corrected chi connectivity index (χ4v) is 1.85. The molecule has 0 amide bonds. The molecule has 0 saturated heterocycles. The van der Waals surface area contributed by atoms with Gasteiger partial charge in [0.25, 0.3) is 0 Å². The van der Waals surface area contributed by atoms with Crippen LogP contribution in [0.5, 0.6) is 0 Å². The molecule has 1 unspecified atom stereocenters. The second kappa shape index (κ2) is 2.80. The van der Waals surface area contributed by atoms with Crippen molar-refractivity contribution in [3.8, 4) is 0 Å². The van der Waals surface area contributed by atoms with Crippen LogP contribution in [-0.2, 0) is 0 Å². The molecule has 0 aromatic carbocycles. The van der Waals surface area contributed by atoms with E-state index in [9.17, 15) is 5.11 Å². The lowest BCUT2D eigenvalue weighted by molar-refractivity contribution is 0.158. The molecule has 2 rings (SSSR count). The summed E-state index contributed by atoms with van der Waals surface area (Å²) < 4.78 is 0. The molecule has 3 nitrogen and oxygen atoms in total. The van der Waals surface area contributed by atoms with Crippen LogP contribution in [0.25, 0.3) is 0 Å². The molecule has 0 spiro atoms. The lowest BCUT2D eigenvalue weighted by atomic mass is 10.1. The molecule has 12 heavy (non-hydrogen) atoms. The summed E-state index contributed by atoms with van der Waals surface area (Å²) in [7, 11) is 0. The Hall–Kier alpha value is -0.450. The summed E-state index contributed by atoms with van der Waals surface area (Å²) in [6.45, 7) is 0. The maximum atomic E-state index is 9.68. The summed E-state index contributed by atoms with van der Waals surface area (Å²) in [5.41, 5.74) is 7.53. The Morgan fingerprint density at radius 2 is 2.50 bits per heavy atom. The molecule has 1 atom stereocenters. The van der Waals surface area contributed by atoms with Crippen molar-refractivity contribution in [3.63, 3.8) is 0 Å². The SMILES string of the molecule is NC1(CC(O)c2cncs2)CC1. The van der Waals surface area contributed by atoms with Crippen molar-refractivity contribution in [1.82, 2.24) is 4.98 Å². The van der Waals surface area contributed by atoms with Gasteiger partial charge in [-0.1, -0.05) is 0 Å². The molecular weight excluding hydrogens is 172 g/mol. The number of aromatic nitrogens is 1. The molecule has 1 aliphatic carbocycles. The first-order valence-corrected chi connectivity index (χ1v) is 4.93. The van der Waals surface area contributed by atoms with Gasteiger partial charge in [-0.2, -0.15) is 0 Å². The van der Waals surface area contributed by atoms with Gasteiger partial charge in [0.1, 0.15) is 0 Å². The van der Waals surface area contributed by atoms with Crippen LogP contribution >= 0.6 is 11.3 Å². The average molecular weight is 184 g/mol. The van der Waals surface area contributed by atoms with Gasteiger partial charge in [0.05, 0.1) is 16.5 Å². The number of nitrogens with two attached hydrogens (primary N) is 1. The van der Waals surface area contributed by atoms with Gasteiger partial charge in [-0.15, -0.1) is 11.3 Å². The predicted octanol–water partition coefficient (Wildman–Crippen LogP) is 1.06. The molecule has 4 heteroatoms. The molecule has 1 heterocycles. The molecule has 1 aliphatic rings. The fourth-order valence-electron chi connectivity index (χ4n) is 1.24. The van der Waals surface area contributed by atoms with Gasteiger partial charge in [-0.05, 0) is 19.3 Å². The number of thiazole rings is 1. The van der Waals surface area contributed by atoms with Crippen LogP contribution in [-0.4, -0.2) is 15.6 Å². The van der Waals surface area contributed by atoms with Gasteiger partial charge < -0.3 is 10.8 Å². The fraction of sp³-hybridized carbons (Fsp3) is 0.625. The van der Waals surface area contributed by atoms with Crippen LogP contribution < -0.4 is 5.73 Å².